The second-order valence-electron chi connectivity index (χ2n) is 7.45. The maximum Gasteiger partial charge on any atom is 0.270 e. The largest absolute Gasteiger partial charge is 0.497 e. The van der Waals surface area contributed by atoms with E-state index in [2.05, 4.69) is 5.32 Å². The first-order valence-electron chi connectivity index (χ1n) is 10.1. The van der Waals surface area contributed by atoms with Crippen LogP contribution in [0, 0.1) is 0 Å². The first-order valence-corrected chi connectivity index (χ1v) is 10.1. The highest BCUT2D eigenvalue weighted by Gasteiger charge is 2.24. The van der Waals surface area contributed by atoms with Crippen LogP contribution in [0.2, 0.25) is 0 Å². The number of hydrogen-bond acceptors (Lipinski definition) is 3. The molecule has 6 heteroatoms. The number of aromatic nitrogens is 1. The number of para-hydroxylation sites is 1. The third kappa shape index (κ3) is 3.94. The van der Waals surface area contributed by atoms with Crippen molar-refractivity contribution < 1.29 is 14.3 Å². The van der Waals surface area contributed by atoms with Gasteiger partial charge in [0.15, 0.2) is 0 Å². The Kier molecular flexibility index (Phi) is 5.57. The van der Waals surface area contributed by atoms with Crippen molar-refractivity contribution in [2.24, 2.45) is 7.05 Å². The molecule has 6 nitrogen and oxygen atoms in total. The summed E-state index contributed by atoms with van der Waals surface area (Å²) in [6.07, 6.45) is 5.73. The molecule has 4 rings (SSSR count). The van der Waals surface area contributed by atoms with Gasteiger partial charge >= 0.3 is 0 Å². The molecule has 2 heterocycles. The van der Waals surface area contributed by atoms with Crippen molar-refractivity contribution in [2.45, 2.75) is 12.8 Å². The predicted octanol–water partition coefficient (Wildman–Crippen LogP) is 3.58. The van der Waals surface area contributed by atoms with Gasteiger partial charge in [0.2, 0.25) is 0 Å². The molecule has 0 aliphatic carbocycles. The van der Waals surface area contributed by atoms with Gasteiger partial charge in [-0.15, -0.1) is 0 Å². The van der Waals surface area contributed by atoms with Gasteiger partial charge in [0, 0.05) is 48.4 Å². The van der Waals surface area contributed by atoms with Crippen molar-refractivity contribution in [1.82, 2.24) is 14.8 Å². The molecule has 0 unspecified atom stereocenters. The lowest BCUT2D eigenvalue weighted by molar-refractivity contribution is -0.126. The normalized spacial score (nSPS) is 14.2. The van der Waals surface area contributed by atoms with E-state index in [0.717, 1.165) is 29.3 Å². The van der Waals surface area contributed by atoms with Crippen molar-refractivity contribution >= 4 is 28.8 Å². The van der Waals surface area contributed by atoms with Crippen molar-refractivity contribution in [1.29, 1.82) is 0 Å². The van der Waals surface area contributed by atoms with Gasteiger partial charge in [-0.3, -0.25) is 9.59 Å². The van der Waals surface area contributed by atoms with Gasteiger partial charge < -0.3 is 19.5 Å². The van der Waals surface area contributed by atoms with E-state index in [9.17, 15) is 9.59 Å². The highest BCUT2D eigenvalue weighted by molar-refractivity contribution is 6.06. The standard InChI is InChI=1S/C24H25N3O3/c1-26-16-18(20-7-3-4-8-22(20)26)15-21(24(29)27-13-5-6-14-27)25-23(28)17-9-11-19(30-2)12-10-17/h3-4,7-12,15-16H,5-6,13-14H2,1-2H3,(H,25,28). The number of fused-ring (bicyclic) bond motifs is 1. The van der Waals surface area contributed by atoms with Crippen molar-refractivity contribution in [3.05, 3.63) is 71.6 Å². The molecule has 154 valence electrons. The Labute approximate surface area is 175 Å². The molecule has 0 atom stereocenters. The van der Waals surface area contributed by atoms with Crippen LogP contribution in [0.5, 0.6) is 5.75 Å². The lowest BCUT2D eigenvalue weighted by Gasteiger charge is -2.18. The molecule has 1 N–H and O–H groups in total. The van der Waals surface area contributed by atoms with Crippen LogP contribution in [0.25, 0.3) is 17.0 Å². The molecule has 30 heavy (non-hydrogen) atoms. The van der Waals surface area contributed by atoms with Crippen LogP contribution in [0.3, 0.4) is 0 Å². The molecular formula is C24H25N3O3. The summed E-state index contributed by atoms with van der Waals surface area (Å²) in [5.74, 6) is 0.199. The van der Waals surface area contributed by atoms with Gasteiger partial charge in [0.1, 0.15) is 11.4 Å². The summed E-state index contributed by atoms with van der Waals surface area (Å²) in [5, 5.41) is 3.88. The number of amides is 2. The molecule has 1 aromatic heterocycles. The summed E-state index contributed by atoms with van der Waals surface area (Å²) in [6.45, 7) is 1.42. The summed E-state index contributed by atoms with van der Waals surface area (Å²) >= 11 is 0. The van der Waals surface area contributed by atoms with Crippen LogP contribution in [0.1, 0.15) is 28.8 Å². The number of aryl methyl sites for hydroxylation is 1. The smallest absolute Gasteiger partial charge is 0.270 e. The van der Waals surface area contributed by atoms with Gasteiger partial charge in [-0.2, -0.15) is 0 Å². The summed E-state index contributed by atoms with van der Waals surface area (Å²) in [6, 6.07) is 14.8. The lowest BCUT2D eigenvalue weighted by Crippen LogP contribution is -2.36. The van der Waals surface area contributed by atoms with Crippen molar-refractivity contribution in [3.8, 4) is 5.75 Å². The highest BCUT2D eigenvalue weighted by atomic mass is 16.5. The van der Waals surface area contributed by atoms with Crippen LogP contribution in [0.4, 0.5) is 0 Å². The van der Waals surface area contributed by atoms with E-state index in [1.54, 1.807) is 42.4 Å². The fourth-order valence-electron chi connectivity index (χ4n) is 3.82. The Balaban J connectivity index is 1.69. The topological polar surface area (TPSA) is 63.6 Å². The van der Waals surface area contributed by atoms with E-state index in [1.165, 1.54) is 0 Å². The van der Waals surface area contributed by atoms with E-state index in [-0.39, 0.29) is 17.5 Å². The molecule has 2 aromatic carbocycles. The molecule has 0 spiro atoms. The third-order valence-corrected chi connectivity index (χ3v) is 5.45. The van der Waals surface area contributed by atoms with Crippen LogP contribution in [-0.4, -0.2) is 41.5 Å². The zero-order valence-electron chi connectivity index (χ0n) is 17.2. The molecule has 1 saturated heterocycles. The fourth-order valence-corrected chi connectivity index (χ4v) is 3.82. The molecule has 0 bridgehead atoms. The summed E-state index contributed by atoms with van der Waals surface area (Å²) in [7, 11) is 3.55. The molecule has 0 radical (unpaired) electrons. The first kappa shape index (κ1) is 19.8. The summed E-state index contributed by atoms with van der Waals surface area (Å²) in [5.41, 5.74) is 2.71. The Morgan fingerprint density at radius 3 is 2.43 bits per heavy atom. The van der Waals surface area contributed by atoms with Crippen molar-refractivity contribution in [3.63, 3.8) is 0 Å². The maximum atomic E-state index is 13.2. The predicted molar refractivity (Wildman–Crippen MR) is 117 cm³/mol. The van der Waals surface area contributed by atoms with E-state index < -0.39 is 0 Å². The average Bonchev–Trinajstić information content (AvgIpc) is 3.42. The number of carbonyl (C=O) groups excluding carboxylic acids is 2. The maximum absolute atomic E-state index is 13.2. The fraction of sp³-hybridized carbons (Fsp3) is 0.250. The molecule has 1 aliphatic rings. The quantitative estimate of drug-likeness (QED) is 0.663. The first-order chi connectivity index (χ1) is 14.6. The number of nitrogens with one attached hydrogen (secondary N) is 1. The molecule has 0 saturated carbocycles. The monoisotopic (exact) mass is 403 g/mol. The highest BCUT2D eigenvalue weighted by Crippen LogP contribution is 2.23. The van der Waals surface area contributed by atoms with Crippen LogP contribution < -0.4 is 10.1 Å². The van der Waals surface area contributed by atoms with Gasteiger partial charge in [0.25, 0.3) is 11.8 Å². The average molecular weight is 403 g/mol. The lowest BCUT2D eigenvalue weighted by atomic mass is 10.1. The minimum Gasteiger partial charge on any atom is -0.497 e. The van der Waals surface area contributed by atoms with Gasteiger partial charge in [-0.1, -0.05) is 18.2 Å². The molecule has 3 aromatic rings. The van der Waals surface area contributed by atoms with E-state index in [1.807, 2.05) is 42.1 Å². The number of carbonyl (C=O) groups is 2. The van der Waals surface area contributed by atoms with E-state index in [4.69, 9.17) is 4.74 Å². The molecular weight excluding hydrogens is 378 g/mol. The van der Waals surface area contributed by atoms with E-state index in [0.29, 0.717) is 24.4 Å². The second-order valence-corrected chi connectivity index (χ2v) is 7.45. The van der Waals surface area contributed by atoms with Gasteiger partial charge in [-0.25, -0.2) is 0 Å². The number of likely N-dealkylation sites (tertiary alicyclic amines) is 1. The van der Waals surface area contributed by atoms with Gasteiger partial charge in [0.05, 0.1) is 7.11 Å². The summed E-state index contributed by atoms with van der Waals surface area (Å²) in [4.78, 5) is 27.8. The SMILES string of the molecule is COc1ccc(C(=O)NC(=Cc2cn(C)c3ccccc23)C(=O)N2CCCC2)cc1. The minimum atomic E-state index is -0.323. The number of ether oxygens (including phenoxy) is 1. The third-order valence-electron chi connectivity index (χ3n) is 5.45. The number of methoxy groups -OCH3 is 1. The zero-order valence-corrected chi connectivity index (χ0v) is 17.2. The molecule has 1 fully saturated rings. The van der Waals surface area contributed by atoms with Crippen molar-refractivity contribution in [2.75, 3.05) is 20.2 Å². The molecule has 1 aliphatic heterocycles. The van der Waals surface area contributed by atoms with Gasteiger partial charge in [-0.05, 0) is 49.2 Å². The number of hydrogen-bond donors (Lipinski definition) is 1. The Hall–Kier alpha value is -3.54. The van der Waals surface area contributed by atoms with E-state index >= 15 is 0 Å². The Morgan fingerprint density at radius 2 is 1.73 bits per heavy atom. The number of benzene rings is 2. The minimum absolute atomic E-state index is 0.151. The molecule has 2 amide bonds. The Bertz CT molecular complexity index is 1110. The zero-order chi connectivity index (χ0) is 21.1. The summed E-state index contributed by atoms with van der Waals surface area (Å²) < 4.78 is 7.17. The second kappa shape index (κ2) is 8.45. The Morgan fingerprint density at radius 1 is 1.03 bits per heavy atom. The number of nitrogens with zero attached hydrogens (tertiary/aromatic N) is 2. The number of rotatable bonds is 5. The van der Waals surface area contributed by atoms with Crippen LogP contribution >= 0.6 is 0 Å². The van der Waals surface area contributed by atoms with Crippen LogP contribution in [0.15, 0.2) is 60.4 Å². The van der Waals surface area contributed by atoms with Crippen LogP contribution in [-0.2, 0) is 11.8 Å².